The van der Waals surface area contributed by atoms with Crippen molar-refractivity contribution < 1.29 is 14.6 Å². The highest BCUT2D eigenvalue weighted by atomic mass is 16.5. The highest BCUT2D eigenvalue weighted by Gasteiger charge is 2.32. The molecule has 0 bridgehead atoms. The number of carbonyl (C=O) groups is 1. The summed E-state index contributed by atoms with van der Waals surface area (Å²) < 4.78 is 5.44. The number of para-hydroxylation sites is 1. The Morgan fingerprint density at radius 1 is 1.24 bits per heavy atom. The number of hydrogen-bond donors (Lipinski definition) is 2. The van der Waals surface area contributed by atoms with Crippen LogP contribution in [0.4, 0.5) is 0 Å². The van der Waals surface area contributed by atoms with Crippen molar-refractivity contribution in [3.63, 3.8) is 0 Å². The van der Waals surface area contributed by atoms with Crippen LogP contribution in [0.15, 0.2) is 18.2 Å². The normalized spacial score (nSPS) is 24.0. The number of imidazole rings is 1. The Balaban J connectivity index is 1.48. The average molecular weight is 400 g/mol. The lowest BCUT2D eigenvalue weighted by Gasteiger charge is -2.40. The summed E-state index contributed by atoms with van der Waals surface area (Å²) in [6, 6.07) is 5.90. The van der Waals surface area contributed by atoms with Crippen molar-refractivity contribution in [3.05, 3.63) is 24.0 Å². The highest BCUT2D eigenvalue weighted by molar-refractivity contribution is 5.81. The van der Waals surface area contributed by atoms with Crippen LogP contribution in [-0.4, -0.2) is 52.7 Å². The number of rotatable bonds is 7. The minimum Gasteiger partial charge on any atom is -0.494 e. The molecular formula is C23H33N3O3. The van der Waals surface area contributed by atoms with Crippen LogP contribution in [0.2, 0.25) is 0 Å². The molecule has 1 aromatic heterocycles. The van der Waals surface area contributed by atoms with E-state index in [2.05, 4.69) is 9.88 Å². The van der Waals surface area contributed by atoms with Gasteiger partial charge in [0.2, 0.25) is 0 Å². The lowest BCUT2D eigenvalue weighted by molar-refractivity contribution is -0.139. The van der Waals surface area contributed by atoms with Crippen molar-refractivity contribution in [1.82, 2.24) is 14.9 Å². The number of nitrogens with one attached hydrogen (secondary N) is 1. The number of fused-ring (bicyclic) bond motifs is 1. The highest BCUT2D eigenvalue weighted by Crippen LogP contribution is 2.32. The van der Waals surface area contributed by atoms with E-state index in [-0.39, 0.29) is 12.3 Å². The molecule has 2 atom stereocenters. The van der Waals surface area contributed by atoms with Gasteiger partial charge in [0.1, 0.15) is 17.1 Å². The molecular weight excluding hydrogens is 366 g/mol. The van der Waals surface area contributed by atoms with Gasteiger partial charge in [0.05, 0.1) is 12.6 Å². The number of aromatic nitrogens is 2. The van der Waals surface area contributed by atoms with E-state index >= 15 is 0 Å². The van der Waals surface area contributed by atoms with Gasteiger partial charge in [0.15, 0.2) is 0 Å². The van der Waals surface area contributed by atoms with Crippen molar-refractivity contribution in [2.75, 3.05) is 26.7 Å². The Kier molecular flexibility index (Phi) is 6.38. The average Bonchev–Trinajstić information content (AvgIpc) is 3.13. The standard InChI is InChI=1S/C23H33N3O3/c1-29-20-9-5-8-19-23(20)25-21(24-19)12-18-15-26(11-10-17(18)13-22(27)28)14-16-6-3-2-4-7-16/h5,8-9,16-18H,2-4,6-7,10-15H2,1H3,(H,24,25)(H,27,28). The number of carboxylic acids is 1. The van der Waals surface area contributed by atoms with Crippen LogP contribution in [0, 0.1) is 17.8 Å². The van der Waals surface area contributed by atoms with Gasteiger partial charge in [0.25, 0.3) is 0 Å². The lowest BCUT2D eigenvalue weighted by Crippen LogP contribution is -2.44. The summed E-state index contributed by atoms with van der Waals surface area (Å²) in [4.78, 5) is 22.2. The van der Waals surface area contributed by atoms with Crippen molar-refractivity contribution in [2.45, 2.75) is 51.4 Å². The molecule has 0 amide bonds. The fourth-order valence-corrected chi connectivity index (χ4v) is 5.35. The minimum atomic E-state index is -0.688. The van der Waals surface area contributed by atoms with Gasteiger partial charge in [-0.25, -0.2) is 4.98 Å². The number of nitrogens with zero attached hydrogens (tertiary/aromatic N) is 2. The number of benzene rings is 1. The molecule has 2 heterocycles. The predicted molar refractivity (Wildman–Crippen MR) is 113 cm³/mol. The van der Waals surface area contributed by atoms with Gasteiger partial charge < -0.3 is 19.7 Å². The van der Waals surface area contributed by atoms with Gasteiger partial charge >= 0.3 is 5.97 Å². The molecule has 2 fully saturated rings. The molecule has 4 rings (SSSR count). The van der Waals surface area contributed by atoms with Crippen molar-refractivity contribution in [1.29, 1.82) is 0 Å². The van der Waals surface area contributed by atoms with E-state index in [0.717, 1.165) is 54.5 Å². The molecule has 1 aliphatic carbocycles. The molecule has 0 spiro atoms. The molecule has 6 heteroatoms. The minimum absolute atomic E-state index is 0.213. The van der Waals surface area contributed by atoms with E-state index in [1.165, 1.54) is 38.6 Å². The number of ether oxygens (including phenoxy) is 1. The largest absolute Gasteiger partial charge is 0.494 e. The van der Waals surface area contributed by atoms with Gasteiger partial charge in [-0.15, -0.1) is 0 Å². The molecule has 1 saturated heterocycles. The van der Waals surface area contributed by atoms with Crippen LogP contribution >= 0.6 is 0 Å². The maximum atomic E-state index is 11.4. The first-order valence-corrected chi connectivity index (χ1v) is 11.1. The maximum Gasteiger partial charge on any atom is 0.303 e. The molecule has 1 saturated carbocycles. The topological polar surface area (TPSA) is 78.5 Å². The van der Waals surface area contributed by atoms with Crippen LogP contribution in [0.1, 0.15) is 50.8 Å². The first-order chi connectivity index (χ1) is 14.1. The van der Waals surface area contributed by atoms with E-state index in [1.807, 2.05) is 18.2 Å². The van der Waals surface area contributed by atoms with Crippen LogP contribution in [0.3, 0.4) is 0 Å². The first kappa shape index (κ1) is 20.2. The Morgan fingerprint density at radius 3 is 2.83 bits per heavy atom. The van der Waals surface area contributed by atoms with Crippen molar-refractivity contribution >= 4 is 17.0 Å². The second-order valence-corrected chi connectivity index (χ2v) is 8.91. The molecule has 1 aliphatic heterocycles. The number of carboxylic acid groups (broad SMARTS) is 1. The number of likely N-dealkylation sites (tertiary alicyclic amines) is 1. The molecule has 29 heavy (non-hydrogen) atoms. The third kappa shape index (κ3) is 4.92. The molecule has 2 unspecified atom stereocenters. The van der Waals surface area contributed by atoms with E-state index in [1.54, 1.807) is 7.11 Å². The van der Waals surface area contributed by atoms with E-state index < -0.39 is 5.97 Å². The Morgan fingerprint density at radius 2 is 2.07 bits per heavy atom. The third-order valence-electron chi connectivity index (χ3n) is 6.85. The molecule has 6 nitrogen and oxygen atoms in total. The Hall–Kier alpha value is -2.08. The predicted octanol–water partition coefficient (Wildman–Crippen LogP) is 4.11. The summed E-state index contributed by atoms with van der Waals surface area (Å²) in [7, 11) is 1.66. The second-order valence-electron chi connectivity index (χ2n) is 8.91. The summed E-state index contributed by atoms with van der Waals surface area (Å²) in [5, 5.41) is 9.41. The lowest BCUT2D eigenvalue weighted by atomic mass is 9.80. The molecule has 2 N–H and O–H groups in total. The third-order valence-corrected chi connectivity index (χ3v) is 6.85. The van der Waals surface area contributed by atoms with Crippen LogP contribution in [0.25, 0.3) is 11.0 Å². The zero-order valence-corrected chi connectivity index (χ0v) is 17.4. The van der Waals surface area contributed by atoms with Crippen LogP contribution in [-0.2, 0) is 11.2 Å². The molecule has 158 valence electrons. The van der Waals surface area contributed by atoms with Gasteiger partial charge in [-0.2, -0.15) is 0 Å². The molecule has 2 aliphatic rings. The number of aromatic amines is 1. The summed E-state index contributed by atoms with van der Waals surface area (Å²) in [6.07, 6.45) is 8.83. The smallest absolute Gasteiger partial charge is 0.303 e. The summed E-state index contributed by atoms with van der Waals surface area (Å²) in [5.41, 5.74) is 1.83. The van der Waals surface area contributed by atoms with Gasteiger partial charge in [-0.05, 0) is 55.7 Å². The van der Waals surface area contributed by atoms with E-state index in [0.29, 0.717) is 5.92 Å². The van der Waals surface area contributed by atoms with Crippen molar-refractivity contribution in [2.24, 2.45) is 17.8 Å². The first-order valence-electron chi connectivity index (χ1n) is 11.1. The van der Waals surface area contributed by atoms with Gasteiger partial charge in [-0.3, -0.25) is 4.79 Å². The Labute approximate surface area is 172 Å². The van der Waals surface area contributed by atoms with Crippen molar-refractivity contribution in [3.8, 4) is 5.75 Å². The van der Waals surface area contributed by atoms with E-state index in [9.17, 15) is 9.90 Å². The number of methoxy groups -OCH3 is 1. The van der Waals surface area contributed by atoms with Crippen LogP contribution in [0.5, 0.6) is 5.75 Å². The monoisotopic (exact) mass is 399 g/mol. The number of aliphatic carboxylic acids is 1. The fraction of sp³-hybridized carbons (Fsp3) is 0.652. The van der Waals surface area contributed by atoms with Gasteiger partial charge in [-0.1, -0.05) is 25.3 Å². The summed E-state index contributed by atoms with van der Waals surface area (Å²) >= 11 is 0. The zero-order valence-electron chi connectivity index (χ0n) is 17.4. The van der Waals surface area contributed by atoms with Crippen LogP contribution < -0.4 is 4.74 Å². The number of piperidine rings is 1. The summed E-state index contributed by atoms with van der Waals surface area (Å²) in [5.74, 6) is 2.36. The summed E-state index contributed by atoms with van der Waals surface area (Å²) in [6.45, 7) is 3.17. The Bertz CT molecular complexity index is 828. The number of hydrogen-bond acceptors (Lipinski definition) is 4. The molecule has 0 radical (unpaired) electrons. The molecule has 2 aromatic rings. The maximum absolute atomic E-state index is 11.4. The second kappa shape index (κ2) is 9.16. The fourth-order valence-electron chi connectivity index (χ4n) is 5.35. The zero-order chi connectivity index (χ0) is 20.2. The quantitative estimate of drug-likeness (QED) is 0.733. The molecule has 1 aromatic carbocycles. The SMILES string of the molecule is COc1cccc2[nH]c(CC3CN(CC4CCCCC4)CCC3CC(=O)O)nc12. The number of H-pyrrole nitrogens is 1. The van der Waals surface area contributed by atoms with E-state index in [4.69, 9.17) is 9.72 Å². The van der Waals surface area contributed by atoms with Gasteiger partial charge in [0, 0.05) is 25.9 Å².